The first-order valence-corrected chi connectivity index (χ1v) is 7.13. The first kappa shape index (κ1) is 10.4. The molecule has 0 bridgehead atoms. The molecule has 0 N–H and O–H groups in total. The van der Waals surface area contributed by atoms with Gasteiger partial charge >= 0.3 is 5.97 Å². The molecule has 0 unspecified atom stereocenters. The standard InChI is InChI=1S/C8H16O2Si/c1-5-6-11(3,4)7-10-8(2)9/h5H,1,6-7H2,2-4H3. The lowest BCUT2D eigenvalue weighted by Crippen LogP contribution is -2.32. The van der Waals surface area contributed by atoms with Gasteiger partial charge in [0.15, 0.2) is 0 Å². The summed E-state index contributed by atoms with van der Waals surface area (Å²) < 4.78 is 4.93. The Hall–Kier alpha value is -0.573. The molecular weight excluding hydrogens is 156 g/mol. The molecule has 0 fully saturated rings. The highest BCUT2D eigenvalue weighted by molar-refractivity contribution is 6.77. The van der Waals surface area contributed by atoms with Gasteiger partial charge in [-0.05, 0) is 6.04 Å². The number of rotatable bonds is 4. The van der Waals surface area contributed by atoms with Crippen molar-refractivity contribution in [3.8, 4) is 0 Å². The van der Waals surface area contributed by atoms with Gasteiger partial charge in [0.2, 0.25) is 0 Å². The van der Waals surface area contributed by atoms with Crippen LogP contribution in [0.1, 0.15) is 6.92 Å². The van der Waals surface area contributed by atoms with Gasteiger partial charge in [-0.2, -0.15) is 0 Å². The van der Waals surface area contributed by atoms with Crippen LogP contribution < -0.4 is 0 Å². The molecule has 0 saturated carbocycles. The molecule has 0 aliphatic carbocycles. The highest BCUT2D eigenvalue weighted by Gasteiger charge is 2.20. The number of carbonyl (C=O) groups excluding carboxylic acids is 1. The summed E-state index contributed by atoms with van der Waals surface area (Å²) in [6.07, 6.45) is 2.50. The van der Waals surface area contributed by atoms with E-state index in [0.717, 1.165) is 6.04 Å². The van der Waals surface area contributed by atoms with Crippen LogP contribution in [0.5, 0.6) is 0 Å². The molecule has 0 spiro atoms. The van der Waals surface area contributed by atoms with Gasteiger partial charge in [-0.1, -0.05) is 19.2 Å². The molecule has 0 rings (SSSR count). The second kappa shape index (κ2) is 4.33. The van der Waals surface area contributed by atoms with E-state index in [2.05, 4.69) is 19.7 Å². The lowest BCUT2D eigenvalue weighted by molar-refractivity contribution is -0.139. The molecule has 0 aromatic heterocycles. The summed E-state index contributed by atoms with van der Waals surface area (Å²) >= 11 is 0. The maximum atomic E-state index is 10.5. The molecule has 0 aromatic rings. The third-order valence-corrected chi connectivity index (χ3v) is 3.68. The van der Waals surface area contributed by atoms with Crippen molar-refractivity contribution in [1.29, 1.82) is 0 Å². The number of esters is 1. The van der Waals surface area contributed by atoms with Crippen molar-refractivity contribution in [2.75, 3.05) is 6.23 Å². The highest BCUT2D eigenvalue weighted by atomic mass is 28.3. The Morgan fingerprint density at radius 1 is 1.64 bits per heavy atom. The summed E-state index contributed by atoms with van der Waals surface area (Å²) in [5.41, 5.74) is 0. The average molecular weight is 172 g/mol. The molecule has 64 valence electrons. The maximum absolute atomic E-state index is 10.5. The molecular formula is C8H16O2Si. The van der Waals surface area contributed by atoms with Crippen molar-refractivity contribution < 1.29 is 9.53 Å². The molecule has 0 saturated heterocycles. The lowest BCUT2D eigenvalue weighted by Gasteiger charge is -2.18. The Balaban J connectivity index is 3.71. The second-order valence-corrected chi connectivity index (χ2v) is 8.46. The van der Waals surface area contributed by atoms with E-state index in [1.165, 1.54) is 6.92 Å². The fourth-order valence-electron chi connectivity index (χ4n) is 0.747. The second-order valence-electron chi connectivity index (χ2n) is 3.44. The van der Waals surface area contributed by atoms with Crippen molar-refractivity contribution >= 4 is 14.0 Å². The topological polar surface area (TPSA) is 26.3 Å². The fraction of sp³-hybridized carbons (Fsp3) is 0.625. The zero-order chi connectivity index (χ0) is 8.91. The molecule has 11 heavy (non-hydrogen) atoms. The van der Waals surface area contributed by atoms with Crippen LogP contribution in [0.4, 0.5) is 0 Å². The summed E-state index contributed by atoms with van der Waals surface area (Å²) in [4.78, 5) is 10.5. The third kappa shape index (κ3) is 5.85. The van der Waals surface area contributed by atoms with Gasteiger partial charge in [-0.25, -0.2) is 0 Å². The van der Waals surface area contributed by atoms with Gasteiger partial charge in [0.1, 0.15) is 0 Å². The number of carbonyl (C=O) groups is 1. The van der Waals surface area contributed by atoms with E-state index >= 15 is 0 Å². The maximum Gasteiger partial charge on any atom is 0.302 e. The molecule has 0 aliphatic heterocycles. The Labute approximate surface area is 69.3 Å². The zero-order valence-electron chi connectivity index (χ0n) is 7.52. The SMILES string of the molecule is C=CC[Si](C)(C)COC(C)=O. The molecule has 0 atom stereocenters. The van der Waals surface area contributed by atoms with Gasteiger partial charge in [0, 0.05) is 6.92 Å². The van der Waals surface area contributed by atoms with Gasteiger partial charge < -0.3 is 4.74 Å². The Morgan fingerprint density at radius 2 is 2.18 bits per heavy atom. The predicted octanol–water partition coefficient (Wildman–Crippen LogP) is 1.98. The summed E-state index contributed by atoms with van der Waals surface area (Å²) in [6, 6.07) is 1.00. The van der Waals surface area contributed by atoms with Crippen LogP contribution in [0.15, 0.2) is 12.7 Å². The van der Waals surface area contributed by atoms with E-state index in [-0.39, 0.29) is 5.97 Å². The van der Waals surface area contributed by atoms with Crippen LogP contribution in [-0.2, 0) is 9.53 Å². The first-order valence-electron chi connectivity index (χ1n) is 3.72. The number of hydrogen-bond donors (Lipinski definition) is 0. The molecule has 0 radical (unpaired) electrons. The summed E-state index contributed by atoms with van der Waals surface area (Å²) in [5.74, 6) is -0.186. The van der Waals surface area contributed by atoms with Crippen molar-refractivity contribution in [2.24, 2.45) is 0 Å². The van der Waals surface area contributed by atoms with Crippen molar-refractivity contribution in [1.82, 2.24) is 0 Å². The van der Waals surface area contributed by atoms with E-state index in [1.54, 1.807) is 0 Å². The van der Waals surface area contributed by atoms with E-state index < -0.39 is 8.07 Å². The molecule has 0 heterocycles. The molecule has 0 aromatic carbocycles. The first-order chi connectivity index (χ1) is 4.98. The van der Waals surface area contributed by atoms with Crippen molar-refractivity contribution in [3.05, 3.63) is 12.7 Å². The Morgan fingerprint density at radius 3 is 2.55 bits per heavy atom. The minimum atomic E-state index is -1.33. The highest BCUT2D eigenvalue weighted by Crippen LogP contribution is 2.09. The van der Waals surface area contributed by atoms with Crippen LogP contribution >= 0.6 is 0 Å². The molecule has 0 amide bonds. The smallest absolute Gasteiger partial charge is 0.302 e. The average Bonchev–Trinajstić information content (AvgIpc) is 1.84. The number of hydrogen-bond acceptors (Lipinski definition) is 2. The lowest BCUT2D eigenvalue weighted by atomic mass is 10.8. The van der Waals surface area contributed by atoms with Crippen LogP contribution in [-0.4, -0.2) is 20.3 Å². The number of allylic oxidation sites excluding steroid dienone is 1. The minimum absolute atomic E-state index is 0.186. The van der Waals surface area contributed by atoms with Gasteiger partial charge in [0.05, 0.1) is 14.3 Å². The quantitative estimate of drug-likeness (QED) is 0.368. The van der Waals surface area contributed by atoms with Crippen LogP contribution in [0.25, 0.3) is 0 Å². The van der Waals surface area contributed by atoms with E-state index in [1.807, 2.05) is 6.08 Å². The fourth-order valence-corrected chi connectivity index (χ4v) is 2.24. The largest absolute Gasteiger partial charge is 0.470 e. The molecule has 3 heteroatoms. The van der Waals surface area contributed by atoms with E-state index in [0.29, 0.717) is 6.23 Å². The predicted molar refractivity (Wildman–Crippen MR) is 49.1 cm³/mol. The van der Waals surface area contributed by atoms with Crippen LogP contribution in [0.2, 0.25) is 19.1 Å². The van der Waals surface area contributed by atoms with Crippen molar-refractivity contribution in [3.63, 3.8) is 0 Å². The van der Waals surface area contributed by atoms with Crippen molar-refractivity contribution in [2.45, 2.75) is 26.1 Å². The van der Waals surface area contributed by atoms with Crippen LogP contribution in [0.3, 0.4) is 0 Å². The van der Waals surface area contributed by atoms with Crippen LogP contribution in [0, 0.1) is 0 Å². The number of ether oxygens (including phenoxy) is 1. The van der Waals surface area contributed by atoms with Gasteiger partial charge in [-0.3, -0.25) is 4.79 Å². The summed E-state index contributed by atoms with van der Waals surface area (Å²) in [7, 11) is -1.33. The monoisotopic (exact) mass is 172 g/mol. The van der Waals surface area contributed by atoms with Gasteiger partial charge in [0.25, 0.3) is 0 Å². The Bertz CT molecular complexity index is 152. The summed E-state index contributed by atoms with van der Waals surface area (Å²) in [5, 5.41) is 0. The van der Waals surface area contributed by atoms with Gasteiger partial charge in [-0.15, -0.1) is 6.58 Å². The van der Waals surface area contributed by atoms with E-state index in [9.17, 15) is 4.79 Å². The Kier molecular flexibility index (Phi) is 4.11. The molecule has 2 nitrogen and oxygen atoms in total. The molecule has 0 aliphatic rings. The zero-order valence-corrected chi connectivity index (χ0v) is 8.52. The summed E-state index contributed by atoms with van der Waals surface area (Å²) in [6.45, 7) is 9.47. The third-order valence-electron chi connectivity index (χ3n) is 1.36. The normalized spacial score (nSPS) is 10.8. The van der Waals surface area contributed by atoms with E-state index in [4.69, 9.17) is 4.74 Å². The minimum Gasteiger partial charge on any atom is -0.470 e.